The first-order valence-electron chi connectivity index (χ1n) is 4.58. The minimum Gasteiger partial charge on any atom is -0.464 e. The molecule has 0 bridgehead atoms. The largest absolute Gasteiger partial charge is 0.464 e. The summed E-state index contributed by atoms with van der Waals surface area (Å²) >= 11 is 0. The fraction of sp³-hybridized carbons (Fsp3) is 0.750. The van der Waals surface area contributed by atoms with E-state index in [0.717, 1.165) is 18.8 Å². The van der Waals surface area contributed by atoms with Crippen LogP contribution in [-0.2, 0) is 13.1 Å². The van der Waals surface area contributed by atoms with Crippen LogP contribution in [-0.4, -0.2) is 21.4 Å². The second-order valence-electron chi connectivity index (χ2n) is 2.69. The van der Waals surface area contributed by atoms with Crippen LogP contribution in [0.25, 0.3) is 0 Å². The number of nitrogens with two attached hydrogens (primary N) is 1. The molecule has 0 saturated carbocycles. The third-order valence-electron chi connectivity index (χ3n) is 1.70. The molecule has 0 amide bonds. The van der Waals surface area contributed by atoms with Gasteiger partial charge in [0.25, 0.3) is 0 Å². The van der Waals surface area contributed by atoms with E-state index in [0.29, 0.717) is 19.2 Å². The summed E-state index contributed by atoms with van der Waals surface area (Å²) in [4.78, 5) is 0. The zero-order chi connectivity index (χ0) is 9.68. The van der Waals surface area contributed by atoms with Gasteiger partial charge in [0.05, 0.1) is 13.2 Å². The van der Waals surface area contributed by atoms with Crippen LogP contribution < -0.4 is 10.5 Å². The minimum atomic E-state index is 0.403. The zero-order valence-electron chi connectivity index (χ0n) is 8.16. The average molecular weight is 184 g/mol. The highest BCUT2D eigenvalue weighted by atomic mass is 16.5. The van der Waals surface area contributed by atoms with Crippen LogP contribution in [0.5, 0.6) is 6.01 Å². The fourth-order valence-corrected chi connectivity index (χ4v) is 1.15. The van der Waals surface area contributed by atoms with Gasteiger partial charge in [-0.1, -0.05) is 12.0 Å². The van der Waals surface area contributed by atoms with Crippen molar-refractivity contribution in [3.63, 3.8) is 0 Å². The third-order valence-corrected chi connectivity index (χ3v) is 1.70. The van der Waals surface area contributed by atoms with Crippen LogP contribution in [0.3, 0.4) is 0 Å². The van der Waals surface area contributed by atoms with E-state index < -0.39 is 0 Å². The van der Waals surface area contributed by atoms with Gasteiger partial charge in [-0.25, -0.2) is 0 Å². The van der Waals surface area contributed by atoms with Gasteiger partial charge in [0.1, 0.15) is 5.82 Å². The van der Waals surface area contributed by atoms with Gasteiger partial charge in [0, 0.05) is 6.54 Å². The van der Waals surface area contributed by atoms with Crippen molar-refractivity contribution in [2.24, 2.45) is 5.73 Å². The van der Waals surface area contributed by atoms with Gasteiger partial charge in [-0.05, 0) is 13.3 Å². The lowest BCUT2D eigenvalue weighted by Gasteiger charge is -2.06. The molecular weight excluding hydrogens is 168 g/mol. The molecule has 0 unspecified atom stereocenters. The normalized spacial score (nSPS) is 10.4. The summed E-state index contributed by atoms with van der Waals surface area (Å²) in [5.74, 6) is 0.783. The molecule has 0 radical (unpaired) electrons. The van der Waals surface area contributed by atoms with E-state index in [1.165, 1.54) is 0 Å². The highest BCUT2D eigenvalue weighted by Crippen LogP contribution is 2.10. The Balaban J connectivity index is 2.85. The lowest BCUT2D eigenvalue weighted by Crippen LogP contribution is -2.10. The van der Waals surface area contributed by atoms with Gasteiger partial charge >= 0.3 is 6.01 Å². The molecule has 13 heavy (non-hydrogen) atoms. The van der Waals surface area contributed by atoms with Gasteiger partial charge in [0.15, 0.2) is 0 Å². The Hall–Kier alpha value is -1.10. The lowest BCUT2D eigenvalue weighted by atomic mass is 10.4. The molecule has 0 atom stereocenters. The molecule has 1 heterocycles. The van der Waals surface area contributed by atoms with Gasteiger partial charge < -0.3 is 10.5 Å². The van der Waals surface area contributed by atoms with Crippen molar-refractivity contribution in [3.05, 3.63) is 5.82 Å². The van der Waals surface area contributed by atoms with Crippen LogP contribution >= 0.6 is 0 Å². The lowest BCUT2D eigenvalue weighted by molar-refractivity contribution is 0.293. The van der Waals surface area contributed by atoms with Gasteiger partial charge in [-0.15, -0.1) is 5.10 Å². The summed E-state index contributed by atoms with van der Waals surface area (Å²) in [5.41, 5.74) is 5.51. The number of nitrogens with zero attached hydrogens (tertiary/aromatic N) is 3. The molecule has 74 valence electrons. The molecule has 1 rings (SSSR count). The Morgan fingerprint density at radius 1 is 1.38 bits per heavy atom. The van der Waals surface area contributed by atoms with Crippen molar-refractivity contribution >= 4 is 0 Å². The number of hydrogen-bond donors (Lipinski definition) is 1. The predicted octanol–water partition coefficient (Wildman–Crippen LogP) is 0.546. The third kappa shape index (κ3) is 2.18. The van der Waals surface area contributed by atoms with Crippen molar-refractivity contribution < 1.29 is 4.74 Å². The molecule has 5 heteroatoms. The van der Waals surface area contributed by atoms with E-state index in [-0.39, 0.29) is 0 Å². The Labute approximate surface area is 77.9 Å². The molecule has 2 N–H and O–H groups in total. The molecule has 0 aliphatic heterocycles. The first-order chi connectivity index (χ1) is 6.33. The van der Waals surface area contributed by atoms with Crippen LogP contribution in [0.15, 0.2) is 0 Å². The summed E-state index contributed by atoms with van der Waals surface area (Å²) in [6, 6.07) is 0.574. The van der Waals surface area contributed by atoms with Crippen molar-refractivity contribution in [2.75, 3.05) is 6.61 Å². The van der Waals surface area contributed by atoms with Crippen molar-refractivity contribution in [1.82, 2.24) is 14.8 Å². The van der Waals surface area contributed by atoms with Gasteiger partial charge in [0.2, 0.25) is 0 Å². The van der Waals surface area contributed by atoms with E-state index in [1.807, 2.05) is 11.5 Å². The number of ether oxygens (including phenoxy) is 1. The van der Waals surface area contributed by atoms with E-state index >= 15 is 0 Å². The number of hydrogen-bond acceptors (Lipinski definition) is 4. The number of rotatable bonds is 5. The maximum Gasteiger partial charge on any atom is 0.316 e. The smallest absolute Gasteiger partial charge is 0.316 e. The minimum absolute atomic E-state index is 0.403. The monoisotopic (exact) mass is 184 g/mol. The SMILES string of the molecule is CCCn1c(CN)nnc1OCC. The van der Waals surface area contributed by atoms with E-state index in [9.17, 15) is 0 Å². The molecule has 1 aromatic rings. The quantitative estimate of drug-likeness (QED) is 0.725. The highest BCUT2D eigenvalue weighted by molar-refractivity contribution is 5.00. The average Bonchev–Trinajstić information content (AvgIpc) is 2.50. The number of aromatic nitrogens is 3. The molecule has 0 aromatic carbocycles. The molecular formula is C8H16N4O. The fourth-order valence-electron chi connectivity index (χ4n) is 1.15. The second-order valence-corrected chi connectivity index (χ2v) is 2.69. The van der Waals surface area contributed by atoms with Gasteiger partial charge in [-0.3, -0.25) is 4.57 Å². The van der Waals surface area contributed by atoms with Crippen LogP contribution in [0.2, 0.25) is 0 Å². The van der Waals surface area contributed by atoms with Crippen molar-refractivity contribution in [1.29, 1.82) is 0 Å². The molecule has 0 spiro atoms. The van der Waals surface area contributed by atoms with Crippen LogP contribution in [0.1, 0.15) is 26.1 Å². The van der Waals surface area contributed by atoms with E-state index in [1.54, 1.807) is 0 Å². The van der Waals surface area contributed by atoms with E-state index in [4.69, 9.17) is 10.5 Å². The Morgan fingerprint density at radius 3 is 2.69 bits per heavy atom. The molecule has 0 fully saturated rings. The summed E-state index contributed by atoms with van der Waals surface area (Å²) in [6.07, 6.45) is 1.02. The summed E-state index contributed by atoms with van der Waals surface area (Å²) in [5, 5.41) is 7.84. The Morgan fingerprint density at radius 2 is 2.15 bits per heavy atom. The highest BCUT2D eigenvalue weighted by Gasteiger charge is 2.09. The summed E-state index contributed by atoms with van der Waals surface area (Å²) in [6.45, 7) is 5.88. The van der Waals surface area contributed by atoms with Crippen LogP contribution in [0.4, 0.5) is 0 Å². The van der Waals surface area contributed by atoms with Gasteiger partial charge in [-0.2, -0.15) is 0 Å². The zero-order valence-corrected chi connectivity index (χ0v) is 8.16. The molecule has 0 aliphatic rings. The maximum absolute atomic E-state index is 5.51. The Bertz CT molecular complexity index is 259. The Kier molecular flexibility index (Phi) is 3.70. The predicted molar refractivity (Wildman–Crippen MR) is 49.4 cm³/mol. The first-order valence-corrected chi connectivity index (χ1v) is 4.58. The van der Waals surface area contributed by atoms with Crippen LogP contribution in [0, 0.1) is 0 Å². The van der Waals surface area contributed by atoms with Crippen molar-refractivity contribution in [2.45, 2.75) is 33.4 Å². The van der Waals surface area contributed by atoms with Crippen molar-refractivity contribution in [3.8, 4) is 6.01 Å². The molecule has 0 aliphatic carbocycles. The van der Waals surface area contributed by atoms with E-state index in [2.05, 4.69) is 17.1 Å². The maximum atomic E-state index is 5.51. The summed E-state index contributed by atoms with van der Waals surface area (Å²) < 4.78 is 7.23. The topological polar surface area (TPSA) is 66.0 Å². The standard InChI is InChI=1S/C8H16N4O/c1-3-5-12-7(6-9)10-11-8(12)13-4-2/h3-6,9H2,1-2H3. The molecule has 0 saturated heterocycles. The first kappa shape index (κ1) is 9.98. The molecule has 1 aromatic heterocycles. The molecule has 5 nitrogen and oxygen atoms in total. The second kappa shape index (κ2) is 4.81. The summed E-state index contributed by atoms with van der Waals surface area (Å²) in [7, 11) is 0.